The number of nitrogens with one attached hydrogen (secondary N) is 1. The molecule has 0 spiro atoms. The lowest BCUT2D eigenvalue weighted by Gasteiger charge is -2.14. The second-order valence-corrected chi connectivity index (χ2v) is 5.51. The van der Waals surface area contributed by atoms with E-state index in [4.69, 9.17) is 4.74 Å². The number of fused-ring (bicyclic) bond motifs is 1. The zero-order valence-corrected chi connectivity index (χ0v) is 12.7. The third-order valence-electron chi connectivity index (χ3n) is 4.17. The molecular weight excluding hydrogens is 260 g/mol. The van der Waals surface area contributed by atoms with Crippen molar-refractivity contribution in [3.05, 3.63) is 47.7 Å². The summed E-state index contributed by atoms with van der Waals surface area (Å²) >= 11 is 0. The fourth-order valence-electron chi connectivity index (χ4n) is 3.12. The van der Waals surface area contributed by atoms with E-state index in [1.165, 1.54) is 35.1 Å². The number of hydrogen-bond donors (Lipinski definition) is 1. The van der Waals surface area contributed by atoms with Gasteiger partial charge >= 0.3 is 0 Å². The predicted molar refractivity (Wildman–Crippen MR) is 85.6 cm³/mol. The van der Waals surface area contributed by atoms with Gasteiger partial charge in [0.15, 0.2) is 0 Å². The summed E-state index contributed by atoms with van der Waals surface area (Å²) in [5, 5.41) is 3.65. The minimum Gasteiger partial charge on any atom is -0.481 e. The summed E-state index contributed by atoms with van der Waals surface area (Å²) < 4.78 is 5.14. The molecule has 3 nitrogen and oxygen atoms in total. The maximum absolute atomic E-state index is 5.14. The number of ether oxygens (including phenoxy) is 1. The Morgan fingerprint density at radius 1 is 1.29 bits per heavy atom. The van der Waals surface area contributed by atoms with Crippen LogP contribution in [-0.4, -0.2) is 18.6 Å². The summed E-state index contributed by atoms with van der Waals surface area (Å²) in [5.41, 5.74) is 5.40. The lowest BCUT2D eigenvalue weighted by atomic mass is 9.97. The Morgan fingerprint density at radius 3 is 2.90 bits per heavy atom. The lowest BCUT2D eigenvalue weighted by molar-refractivity contribution is 0.398. The fraction of sp³-hybridized carbons (Fsp3) is 0.389. The minimum absolute atomic E-state index is 0.506. The van der Waals surface area contributed by atoms with Crippen LogP contribution >= 0.6 is 0 Å². The number of nitrogens with zero attached hydrogens (tertiary/aromatic N) is 1. The van der Waals surface area contributed by atoms with Crippen LogP contribution in [0.2, 0.25) is 0 Å². The standard InChI is InChI=1S/C18H22N2O/c1-3-11-19-17-9-8-15-14(5-4-6-16(15)17)13-7-10-18(21-2)20-12-13/h4-7,10,12,17,19H,3,8-9,11H2,1-2H3. The van der Waals surface area contributed by atoms with Crippen LogP contribution in [0.3, 0.4) is 0 Å². The summed E-state index contributed by atoms with van der Waals surface area (Å²) in [6, 6.07) is 11.1. The van der Waals surface area contributed by atoms with Gasteiger partial charge in [-0.2, -0.15) is 0 Å². The Morgan fingerprint density at radius 2 is 2.19 bits per heavy atom. The molecule has 1 aliphatic rings. The third-order valence-corrected chi connectivity index (χ3v) is 4.17. The summed E-state index contributed by atoms with van der Waals surface area (Å²) in [5.74, 6) is 0.661. The second-order valence-electron chi connectivity index (χ2n) is 5.51. The second kappa shape index (κ2) is 6.27. The van der Waals surface area contributed by atoms with E-state index in [1.807, 2.05) is 12.3 Å². The normalized spacial score (nSPS) is 16.8. The lowest BCUT2D eigenvalue weighted by Crippen LogP contribution is -2.19. The predicted octanol–water partition coefficient (Wildman–Crippen LogP) is 3.74. The molecule has 3 rings (SSSR count). The van der Waals surface area contributed by atoms with Crippen molar-refractivity contribution in [2.75, 3.05) is 13.7 Å². The van der Waals surface area contributed by atoms with Gasteiger partial charge in [-0.05, 0) is 48.6 Å². The molecule has 0 bridgehead atoms. The molecule has 1 N–H and O–H groups in total. The van der Waals surface area contributed by atoms with Gasteiger partial charge in [-0.25, -0.2) is 4.98 Å². The van der Waals surface area contributed by atoms with Crippen molar-refractivity contribution < 1.29 is 4.74 Å². The van der Waals surface area contributed by atoms with Crippen molar-refractivity contribution in [3.63, 3.8) is 0 Å². The van der Waals surface area contributed by atoms with E-state index >= 15 is 0 Å². The molecule has 0 aliphatic heterocycles. The highest BCUT2D eigenvalue weighted by Gasteiger charge is 2.24. The van der Waals surface area contributed by atoms with Crippen molar-refractivity contribution in [3.8, 4) is 17.0 Å². The Labute approximate surface area is 126 Å². The average Bonchev–Trinajstić information content (AvgIpc) is 2.96. The molecule has 1 aromatic carbocycles. The number of rotatable bonds is 5. The van der Waals surface area contributed by atoms with Crippen LogP contribution in [-0.2, 0) is 6.42 Å². The molecule has 1 atom stereocenters. The van der Waals surface area contributed by atoms with Gasteiger partial charge in [0.25, 0.3) is 0 Å². The highest BCUT2D eigenvalue weighted by Crippen LogP contribution is 2.37. The summed E-state index contributed by atoms with van der Waals surface area (Å²) in [7, 11) is 1.65. The van der Waals surface area contributed by atoms with Crippen LogP contribution in [0.1, 0.15) is 36.9 Å². The third kappa shape index (κ3) is 2.79. The van der Waals surface area contributed by atoms with Crippen molar-refractivity contribution in [1.82, 2.24) is 10.3 Å². The zero-order valence-electron chi connectivity index (χ0n) is 12.7. The smallest absolute Gasteiger partial charge is 0.212 e. The van der Waals surface area contributed by atoms with Gasteiger partial charge in [-0.1, -0.05) is 25.1 Å². The molecule has 21 heavy (non-hydrogen) atoms. The van der Waals surface area contributed by atoms with Crippen molar-refractivity contribution >= 4 is 0 Å². The van der Waals surface area contributed by atoms with Gasteiger partial charge in [0, 0.05) is 23.9 Å². The molecule has 0 saturated heterocycles. The quantitative estimate of drug-likeness (QED) is 0.907. The fourth-order valence-corrected chi connectivity index (χ4v) is 3.12. The zero-order chi connectivity index (χ0) is 14.7. The van der Waals surface area contributed by atoms with Crippen LogP contribution in [0.4, 0.5) is 0 Å². The molecule has 1 aliphatic carbocycles. The molecule has 1 aromatic heterocycles. The van der Waals surface area contributed by atoms with E-state index in [-0.39, 0.29) is 0 Å². The monoisotopic (exact) mass is 282 g/mol. The van der Waals surface area contributed by atoms with E-state index in [2.05, 4.69) is 41.5 Å². The molecule has 0 saturated carbocycles. The molecule has 0 radical (unpaired) electrons. The summed E-state index contributed by atoms with van der Waals surface area (Å²) in [6.07, 6.45) is 5.41. The first kappa shape index (κ1) is 14.1. The van der Waals surface area contributed by atoms with Crippen LogP contribution in [0.25, 0.3) is 11.1 Å². The van der Waals surface area contributed by atoms with E-state index in [1.54, 1.807) is 7.11 Å². The molecule has 3 heteroatoms. The van der Waals surface area contributed by atoms with E-state index in [9.17, 15) is 0 Å². The average molecular weight is 282 g/mol. The van der Waals surface area contributed by atoms with Crippen LogP contribution in [0.5, 0.6) is 5.88 Å². The van der Waals surface area contributed by atoms with E-state index in [0.29, 0.717) is 11.9 Å². The van der Waals surface area contributed by atoms with Crippen molar-refractivity contribution in [2.24, 2.45) is 0 Å². The largest absolute Gasteiger partial charge is 0.481 e. The Balaban J connectivity index is 1.92. The molecule has 1 heterocycles. The van der Waals surface area contributed by atoms with E-state index < -0.39 is 0 Å². The first-order valence-electron chi connectivity index (χ1n) is 7.69. The Kier molecular flexibility index (Phi) is 4.20. The van der Waals surface area contributed by atoms with Gasteiger partial charge < -0.3 is 10.1 Å². The van der Waals surface area contributed by atoms with Crippen LogP contribution < -0.4 is 10.1 Å². The molecule has 110 valence electrons. The highest BCUT2D eigenvalue weighted by molar-refractivity contribution is 5.69. The highest BCUT2D eigenvalue weighted by atomic mass is 16.5. The first-order valence-corrected chi connectivity index (χ1v) is 7.69. The molecule has 2 aromatic rings. The number of methoxy groups -OCH3 is 1. The molecule has 0 fully saturated rings. The number of aromatic nitrogens is 1. The number of hydrogen-bond acceptors (Lipinski definition) is 3. The molecule has 1 unspecified atom stereocenters. The van der Waals surface area contributed by atoms with Gasteiger partial charge in [0.1, 0.15) is 0 Å². The SMILES string of the molecule is CCCNC1CCc2c(-c3ccc(OC)nc3)cccc21. The van der Waals surface area contributed by atoms with Gasteiger partial charge in [0.2, 0.25) is 5.88 Å². The van der Waals surface area contributed by atoms with E-state index in [0.717, 1.165) is 13.0 Å². The Hall–Kier alpha value is -1.87. The maximum Gasteiger partial charge on any atom is 0.212 e. The Bertz CT molecular complexity index is 607. The van der Waals surface area contributed by atoms with Gasteiger partial charge in [0.05, 0.1) is 7.11 Å². The van der Waals surface area contributed by atoms with Crippen LogP contribution in [0.15, 0.2) is 36.5 Å². The molecular formula is C18H22N2O. The van der Waals surface area contributed by atoms with Gasteiger partial charge in [-0.3, -0.25) is 0 Å². The molecule has 0 amide bonds. The maximum atomic E-state index is 5.14. The first-order chi connectivity index (χ1) is 10.3. The van der Waals surface area contributed by atoms with Gasteiger partial charge in [-0.15, -0.1) is 0 Å². The van der Waals surface area contributed by atoms with Crippen molar-refractivity contribution in [2.45, 2.75) is 32.2 Å². The van der Waals surface area contributed by atoms with Crippen LogP contribution in [0, 0.1) is 0 Å². The minimum atomic E-state index is 0.506. The number of benzene rings is 1. The topological polar surface area (TPSA) is 34.1 Å². The van der Waals surface area contributed by atoms with Crippen molar-refractivity contribution in [1.29, 1.82) is 0 Å². The summed E-state index contributed by atoms with van der Waals surface area (Å²) in [4.78, 5) is 4.33. The summed E-state index contributed by atoms with van der Waals surface area (Å²) in [6.45, 7) is 3.29. The number of pyridine rings is 1.